The molecular weight excluding hydrogens is 312 g/mol. The van der Waals surface area contributed by atoms with Gasteiger partial charge in [-0.05, 0) is 45.8 Å². The van der Waals surface area contributed by atoms with Crippen LogP contribution in [-0.4, -0.2) is 16.1 Å². The fourth-order valence-corrected chi connectivity index (χ4v) is 1.82. The maximum atomic E-state index is 11.0. The van der Waals surface area contributed by atoms with Crippen molar-refractivity contribution in [3.8, 4) is 0 Å². The minimum absolute atomic E-state index is 0.0949. The van der Waals surface area contributed by atoms with Crippen molar-refractivity contribution >= 4 is 23.3 Å². The second-order valence-corrected chi connectivity index (χ2v) is 5.44. The van der Waals surface area contributed by atoms with Crippen molar-refractivity contribution in [1.29, 1.82) is 0 Å². The van der Waals surface area contributed by atoms with Crippen molar-refractivity contribution in [1.82, 2.24) is 0 Å². The van der Waals surface area contributed by atoms with E-state index in [4.69, 9.17) is 0 Å². The molecule has 0 aromatic heterocycles. The molecule has 1 aromatic rings. The number of nitrogens with zero attached hydrogens (tertiary/aromatic N) is 3. The Kier molecular flexibility index (Phi) is 7.28. The highest BCUT2D eigenvalue weighted by molar-refractivity contribution is 5.74. The Morgan fingerprint density at radius 3 is 2.50 bits per heavy atom. The largest absolute Gasteiger partial charge is 0.301 e. The van der Waals surface area contributed by atoms with Crippen LogP contribution in [-0.2, 0) is 0 Å². The van der Waals surface area contributed by atoms with Gasteiger partial charge in [0.15, 0.2) is 0 Å². The summed E-state index contributed by atoms with van der Waals surface area (Å²) in [6.07, 6.45) is 7.30. The maximum absolute atomic E-state index is 11.0. The molecule has 24 heavy (non-hydrogen) atoms. The second kappa shape index (κ2) is 9.19. The molecule has 1 N–H and O–H groups in total. The number of allylic oxidation sites excluding steroid dienone is 4. The molecule has 0 aliphatic carbocycles. The first-order valence-electron chi connectivity index (χ1n) is 7.32. The average molecular weight is 332 g/mol. The van der Waals surface area contributed by atoms with Crippen LogP contribution in [0.15, 0.2) is 46.6 Å². The number of hydrogen-bond acceptors (Lipinski definition) is 6. The summed E-state index contributed by atoms with van der Waals surface area (Å²) >= 11 is 0. The van der Waals surface area contributed by atoms with Gasteiger partial charge in [-0.25, -0.2) is 0 Å². The predicted molar refractivity (Wildman–Crippen MR) is 94.3 cm³/mol. The molecule has 0 radical (unpaired) electrons. The monoisotopic (exact) mass is 332 g/mol. The van der Waals surface area contributed by atoms with Crippen molar-refractivity contribution in [3.05, 3.63) is 61.7 Å². The predicted octanol–water partition coefficient (Wildman–Crippen LogP) is 4.59. The molecule has 0 heterocycles. The summed E-state index contributed by atoms with van der Waals surface area (Å²) in [4.78, 5) is 20.3. The van der Waals surface area contributed by atoms with Gasteiger partial charge in [0.2, 0.25) is 0 Å². The number of nitro benzene ring substituents is 2. The molecular formula is C16H20N4O4. The van der Waals surface area contributed by atoms with Crippen LogP contribution >= 0.6 is 0 Å². The van der Waals surface area contributed by atoms with Crippen LogP contribution in [0.1, 0.15) is 33.6 Å². The first-order valence-corrected chi connectivity index (χ1v) is 7.32. The van der Waals surface area contributed by atoms with Gasteiger partial charge in [0, 0.05) is 12.3 Å². The van der Waals surface area contributed by atoms with Crippen LogP contribution in [0.2, 0.25) is 0 Å². The molecule has 128 valence electrons. The Balaban J connectivity index is 2.74. The number of non-ortho nitro benzene ring substituents is 1. The summed E-state index contributed by atoms with van der Waals surface area (Å²) in [5.74, 6) is 0. The molecule has 0 fully saturated rings. The third-order valence-electron chi connectivity index (χ3n) is 3.10. The molecule has 0 saturated carbocycles. The topological polar surface area (TPSA) is 111 Å². The van der Waals surface area contributed by atoms with Gasteiger partial charge in [0.25, 0.3) is 5.69 Å². The highest BCUT2D eigenvalue weighted by atomic mass is 16.6. The lowest BCUT2D eigenvalue weighted by Gasteiger charge is -2.01. The first kappa shape index (κ1) is 19.0. The Bertz CT molecular complexity index is 704. The summed E-state index contributed by atoms with van der Waals surface area (Å²) < 4.78 is 0. The normalized spacial score (nSPS) is 11.4. The van der Waals surface area contributed by atoms with Gasteiger partial charge in [-0.2, -0.15) is 5.10 Å². The Hall–Kier alpha value is -3.03. The summed E-state index contributed by atoms with van der Waals surface area (Å²) in [7, 11) is 0. The smallest absolute Gasteiger partial charge is 0.272 e. The van der Waals surface area contributed by atoms with Crippen LogP contribution in [0.5, 0.6) is 0 Å². The van der Waals surface area contributed by atoms with Gasteiger partial charge >= 0.3 is 5.69 Å². The number of rotatable bonds is 8. The van der Waals surface area contributed by atoms with Gasteiger partial charge in [-0.1, -0.05) is 17.2 Å². The van der Waals surface area contributed by atoms with Crippen LogP contribution < -0.4 is 5.43 Å². The zero-order valence-corrected chi connectivity index (χ0v) is 13.9. The zero-order valence-electron chi connectivity index (χ0n) is 13.9. The minimum Gasteiger partial charge on any atom is -0.272 e. The second-order valence-electron chi connectivity index (χ2n) is 5.44. The summed E-state index contributed by atoms with van der Waals surface area (Å²) in [5.41, 5.74) is 4.28. The first-order chi connectivity index (χ1) is 11.3. The fourth-order valence-electron chi connectivity index (χ4n) is 1.82. The quantitative estimate of drug-likeness (QED) is 0.324. The molecule has 0 unspecified atom stereocenters. The van der Waals surface area contributed by atoms with E-state index in [1.54, 1.807) is 0 Å². The van der Waals surface area contributed by atoms with Crippen LogP contribution in [0.25, 0.3) is 0 Å². The van der Waals surface area contributed by atoms with Crippen molar-refractivity contribution in [2.45, 2.75) is 33.6 Å². The van der Waals surface area contributed by atoms with E-state index in [-0.39, 0.29) is 11.4 Å². The van der Waals surface area contributed by atoms with E-state index in [2.05, 4.69) is 16.6 Å². The number of nitrogens with one attached hydrogen (secondary N) is 1. The Morgan fingerprint density at radius 1 is 1.21 bits per heavy atom. The van der Waals surface area contributed by atoms with E-state index in [0.29, 0.717) is 0 Å². The zero-order chi connectivity index (χ0) is 18.1. The molecule has 0 bridgehead atoms. The van der Waals surface area contributed by atoms with E-state index >= 15 is 0 Å². The summed E-state index contributed by atoms with van der Waals surface area (Å²) in [5, 5.41) is 25.6. The number of hydrogen-bond donors (Lipinski definition) is 1. The maximum Gasteiger partial charge on any atom is 0.301 e. The van der Waals surface area contributed by atoms with E-state index in [1.165, 1.54) is 23.9 Å². The Morgan fingerprint density at radius 2 is 1.92 bits per heavy atom. The van der Waals surface area contributed by atoms with Crippen LogP contribution in [0.3, 0.4) is 0 Å². The van der Waals surface area contributed by atoms with E-state index in [0.717, 1.165) is 24.5 Å². The lowest BCUT2D eigenvalue weighted by molar-refractivity contribution is -0.393. The number of benzene rings is 1. The SMILES string of the molecule is CC(C)=CCC/C(C)=C\C=N/Nc1ccc([N+](=O)[O-])cc1[N+](=O)[O-]. The van der Waals surface area contributed by atoms with Crippen molar-refractivity contribution < 1.29 is 9.85 Å². The standard InChI is InChI=1S/C16H20N4O4/c1-12(2)5-4-6-13(3)9-10-17-18-15-8-7-14(19(21)22)11-16(15)20(23)24/h5,7-11,18H,4,6H2,1-3H3/b13-9-,17-10-. The third kappa shape index (κ3) is 6.39. The number of anilines is 1. The molecule has 1 rings (SSSR count). The Labute approximate surface area is 139 Å². The highest BCUT2D eigenvalue weighted by Gasteiger charge is 2.18. The lowest BCUT2D eigenvalue weighted by Crippen LogP contribution is -1.98. The minimum atomic E-state index is -0.689. The molecule has 1 aromatic carbocycles. The molecule has 8 heteroatoms. The van der Waals surface area contributed by atoms with Crippen molar-refractivity contribution in [2.24, 2.45) is 5.10 Å². The van der Waals surface area contributed by atoms with Gasteiger partial charge in [-0.15, -0.1) is 0 Å². The number of nitro groups is 2. The van der Waals surface area contributed by atoms with Crippen LogP contribution in [0, 0.1) is 20.2 Å². The highest BCUT2D eigenvalue weighted by Crippen LogP contribution is 2.28. The molecule has 0 aliphatic rings. The average Bonchev–Trinajstić information content (AvgIpc) is 2.50. The van der Waals surface area contributed by atoms with Crippen LogP contribution in [0.4, 0.5) is 17.1 Å². The van der Waals surface area contributed by atoms with Gasteiger partial charge in [-0.3, -0.25) is 25.7 Å². The summed E-state index contributed by atoms with van der Waals surface area (Å²) in [6.45, 7) is 6.06. The molecule has 0 atom stereocenters. The van der Waals surface area contributed by atoms with E-state index in [9.17, 15) is 20.2 Å². The van der Waals surface area contributed by atoms with E-state index < -0.39 is 15.5 Å². The molecule has 0 spiro atoms. The molecule has 0 aliphatic heterocycles. The van der Waals surface area contributed by atoms with Crippen molar-refractivity contribution in [2.75, 3.05) is 5.43 Å². The molecule has 8 nitrogen and oxygen atoms in total. The van der Waals surface area contributed by atoms with Gasteiger partial charge < -0.3 is 0 Å². The lowest BCUT2D eigenvalue weighted by atomic mass is 10.1. The third-order valence-corrected chi connectivity index (χ3v) is 3.10. The van der Waals surface area contributed by atoms with Gasteiger partial charge in [0.1, 0.15) is 5.69 Å². The molecule has 0 amide bonds. The summed E-state index contributed by atoms with van der Waals surface area (Å²) in [6, 6.07) is 3.35. The van der Waals surface area contributed by atoms with Gasteiger partial charge in [0.05, 0.1) is 15.9 Å². The fraction of sp³-hybridized carbons (Fsp3) is 0.312. The van der Waals surface area contributed by atoms with E-state index in [1.807, 2.05) is 26.8 Å². The van der Waals surface area contributed by atoms with Crippen molar-refractivity contribution in [3.63, 3.8) is 0 Å². The molecule has 0 saturated heterocycles. The number of hydrazone groups is 1.